The molecule has 162 valence electrons. The molecule has 0 aromatic heterocycles. The Hall–Kier alpha value is -1.39. The molecule has 1 aliphatic rings. The van der Waals surface area contributed by atoms with Gasteiger partial charge in [-0.1, -0.05) is 49.2 Å². The number of sulfonamides is 1. The minimum absolute atomic E-state index is 0.0540. The molecule has 0 amide bonds. The fourth-order valence-corrected chi connectivity index (χ4v) is 8.61. The topological polar surface area (TPSA) is 71.5 Å². The van der Waals surface area contributed by atoms with Crippen molar-refractivity contribution in [2.24, 2.45) is 5.92 Å². The van der Waals surface area contributed by atoms with E-state index in [0.29, 0.717) is 3.58 Å². The van der Waals surface area contributed by atoms with Gasteiger partial charge in [-0.05, 0) is 73.0 Å². The van der Waals surface area contributed by atoms with E-state index in [4.69, 9.17) is 0 Å². The molecule has 1 heterocycles. The van der Waals surface area contributed by atoms with Crippen molar-refractivity contribution in [3.05, 3.63) is 69.4 Å². The minimum atomic E-state index is -3.79. The first-order chi connectivity index (χ1) is 13.9. The molecule has 8 heteroatoms. The van der Waals surface area contributed by atoms with Gasteiger partial charge < -0.3 is 0 Å². The summed E-state index contributed by atoms with van der Waals surface area (Å²) in [6.45, 7) is 7.65. The fraction of sp³-hybridized carbons (Fsp3) is 0.364. The van der Waals surface area contributed by atoms with Gasteiger partial charge in [0.25, 0.3) is 10.0 Å². The van der Waals surface area contributed by atoms with E-state index >= 15 is 0 Å². The van der Waals surface area contributed by atoms with Crippen LogP contribution in [-0.4, -0.2) is 32.4 Å². The van der Waals surface area contributed by atoms with Gasteiger partial charge in [-0.3, -0.25) is 4.31 Å². The molecule has 0 radical (unpaired) electrons. The molecule has 0 aliphatic carbocycles. The Morgan fingerprint density at radius 3 is 1.80 bits per heavy atom. The van der Waals surface area contributed by atoms with E-state index < -0.39 is 31.2 Å². The molecule has 5 nitrogen and oxygen atoms in total. The lowest BCUT2D eigenvalue weighted by Crippen LogP contribution is -2.46. The maximum Gasteiger partial charge on any atom is 0.264 e. The van der Waals surface area contributed by atoms with Crippen LogP contribution in [0.15, 0.2) is 68.1 Å². The van der Waals surface area contributed by atoms with Crippen LogP contribution in [0, 0.1) is 19.8 Å². The van der Waals surface area contributed by atoms with Crippen LogP contribution < -0.4 is 0 Å². The minimum Gasteiger partial charge on any atom is -0.269 e. The first-order valence-electron chi connectivity index (χ1n) is 9.72. The average molecular weight is 559 g/mol. The second kappa shape index (κ2) is 8.63. The van der Waals surface area contributed by atoms with Crippen LogP contribution in [0.4, 0.5) is 0 Å². The van der Waals surface area contributed by atoms with Crippen molar-refractivity contribution in [3.8, 4) is 0 Å². The Kier molecular flexibility index (Phi) is 6.69. The van der Waals surface area contributed by atoms with E-state index in [1.165, 1.54) is 10.5 Å². The Labute approximate surface area is 193 Å². The second-order valence-corrected chi connectivity index (χ2v) is 13.3. The number of rotatable bonds is 5. The molecule has 2 atom stereocenters. The van der Waals surface area contributed by atoms with Crippen molar-refractivity contribution in [1.29, 1.82) is 0 Å². The van der Waals surface area contributed by atoms with Crippen LogP contribution in [0.25, 0.3) is 0 Å². The number of nitrogens with zero attached hydrogens (tertiary/aromatic N) is 1. The largest absolute Gasteiger partial charge is 0.269 e. The number of hydrogen-bond donors (Lipinski definition) is 0. The van der Waals surface area contributed by atoms with Crippen molar-refractivity contribution in [2.45, 2.75) is 55.2 Å². The van der Waals surface area contributed by atoms with Crippen LogP contribution in [0.5, 0.6) is 0 Å². The van der Waals surface area contributed by atoms with Crippen LogP contribution in [-0.2, 0) is 19.9 Å². The summed E-state index contributed by atoms with van der Waals surface area (Å²) < 4.78 is 55.2. The summed E-state index contributed by atoms with van der Waals surface area (Å²) >= 11 is 1.97. The third kappa shape index (κ3) is 4.45. The molecule has 0 fully saturated rings. The molecule has 0 N–H and O–H groups in total. The first kappa shape index (κ1) is 23.3. The number of benzene rings is 2. The van der Waals surface area contributed by atoms with E-state index in [-0.39, 0.29) is 22.1 Å². The molecule has 0 bridgehead atoms. The van der Waals surface area contributed by atoms with E-state index in [2.05, 4.69) is 0 Å². The van der Waals surface area contributed by atoms with Crippen LogP contribution >= 0.6 is 22.6 Å². The molecule has 2 aromatic rings. The molecule has 1 aliphatic heterocycles. The van der Waals surface area contributed by atoms with Gasteiger partial charge in [0.1, 0.15) is 0 Å². The first-order valence-corrected chi connectivity index (χ1v) is 13.8. The lowest BCUT2D eigenvalue weighted by Gasteiger charge is -2.39. The van der Waals surface area contributed by atoms with E-state index in [0.717, 1.165) is 11.1 Å². The number of aryl methyl sites for hydroxylation is 2. The van der Waals surface area contributed by atoms with Gasteiger partial charge in [0.2, 0.25) is 0 Å². The highest BCUT2D eigenvalue weighted by molar-refractivity contribution is 14.1. The Morgan fingerprint density at radius 2 is 1.33 bits per heavy atom. The molecular weight excluding hydrogens is 533 g/mol. The van der Waals surface area contributed by atoms with Crippen molar-refractivity contribution in [1.82, 2.24) is 4.31 Å². The summed E-state index contributed by atoms with van der Waals surface area (Å²) in [5.74, 6) is -0.0540. The summed E-state index contributed by atoms with van der Waals surface area (Å²) in [4.78, 5) is 0.469. The van der Waals surface area contributed by atoms with Gasteiger partial charge in [0.15, 0.2) is 9.84 Å². The fourth-order valence-electron chi connectivity index (χ4n) is 3.55. The molecule has 0 spiro atoms. The normalized spacial score (nSPS) is 20.3. The molecular formula is C22H26INO4S2. The average Bonchev–Trinajstić information content (AvgIpc) is 2.68. The van der Waals surface area contributed by atoms with Crippen molar-refractivity contribution in [3.63, 3.8) is 0 Å². The van der Waals surface area contributed by atoms with E-state index in [1.807, 2.05) is 50.3 Å². The molecule has 0 saturated carbocycles. The van der Waals surface area contributed by atoms with Crippen molar-refractivity contribution < 1.29 is 16.8 Å². The quantitative estimate of drug-likeness (QED) is 0.492. The standard InChI is InChI=1S/C22H26INO4S2/c1-15(2)21-13-22(29(25,26)18-9-5-16(3)6-10-18)20(23)14-24(21)30(27,28)19-11-7-17(4)8-12-19/h5-12,14-15,21-22H,13H2,1-4H3/t21-,22+/m1/s1. The zero-order chi connectivity index (χ0) is 22.3. The van der Waals surface area contributed by atoms with Gasteiger partial charge >= 0.3 is 0 Å². The summed E-state index contributed by atoms with van der Waals surface area (Å²) in [5, 5.41) is -0.766. The SMILES string of the molecule is Cc1ccc(S(=O)(=O)[C@H]2C[C@H](C(C)C)N(S(=O)(=O)c3ccc(C)cc3)C=C2I)cc1. The van der Waals surface area contributed by atoms with E-state index in [9.17, 15) is 16.8 Å². The van der Waals surface area contributed by atoms with Crippen LogP contribution in [0.1, 0.15) is 31.4 Å². The van der Waals surface area contributed by atoms with Crippen molar-refractivity contribution >= 4 is 42.5 Å². The Balaban J connectivity index is 2.05. The third-order valence-corrected chi connectivity index (χ3v) is 10.8. The number of halogens is 1. The van der Waals surface area contributed by atoms with Crippen LogP contribution in [0.3, 0.4) is 0 Å². The smallest absolute Gasteiger partial charge is 0.264 e. The molecule has 3 rings (SSSR count). The molecule has 0 unspecified atom stereocenters. The zero-order valence-corrected chi connectivity index (χ0v) is 21.2. The van der Waals surface area contributed by atoms with Gasteiger partial charge in [0, 0.05) is 15.8 Å². The highest BCUT2D eigenvalue weighted by Gasteiger charge is 2.42. The highest BCUT2D eigenvalue weighted by atomic mass is 127. The molecule has 0 saturated heterocycles. The predicted octanol–water partition coefficient (Wildman–Crippen LogP) is 4.84. The lowest BCUT2D eigenvalue weighted by atomic mass is 9.97. The Morgan fingerprint density at radius 1 is 0.867 bits per heavy atom. The maximum absolute atomic E-state index is 13.4. The number of sulfone groups is 1. The van der Waals surface area contributed by atoms with E-state index in [1.54, 1.807) is 48.5 Å². The lowest BCUT2D eigenvalue weighted by molar-refractivity contribution is 0.289. The summed E-state index contributed by atoms with van der Waals surface area (Å²) in [6.07, 6.45) is 1.72. The Bertz CT molecular complexity index is 1150. The van der Waals surface area contributed by atoms with Gasteiger partial charge in [-0.25, -0.2) is 16.8 Å². The van der Waals surface area contributed by atoms with Gasteiger partial charge in [0.05, 0.1) is 15.0 Å². The summed E-state index contributed by atoms with van der Waals surface area (Å²) in [7, 11) is -7.42. The predicted molar refractivity (Wildman–Crippen MR) is 128 cm³/mol. The highest BCUT2D eigenvalue weighted by Crippen LogP contribution is 2.38. The second-order valence-electron chi connectivity index (χ2n) is 8.06. The number of hydrogen-bond acceptors (Lipinski definition) is 4. The monoisotopic (exact) mass is 559 g/mol. The zero-order valence-electron chi connectivity index (χ0n) is 17.4. The van der Waals surface area contributed by atoms with Crippen LogP contribution in [0.2, 0.25) is 0 Å². The maximum atomic E-state index is 13.4. The summed E-state index contributed by atoms with van der Waals surface area (Å²) in [6, 6.07) is 13.1. The molecule has 2 aromatic carbocycles. The summed E-state index contributed by atoms with van der Waals surface area (Å²) in [5.41, 5.74) is 1.96. The van der Waals surface area contributed by atoms with Gasteiger partial charge in [-0.15, -0.1) is 0 Å². The van der Waals surface area contributed by atoms with Gasteiger partial charge in [-0.2, -0.15) is 0 Å². The third-order valence-electron chi connectivity index (χ3n) is 5.43. The van der Waals surface area contributed by atoms with Crippen molar-refractivity contribution in [2.75, 3.05) is 0 Å². The molecule has 30 heavy (non-hydrogen) atoms.